The Morgan fingerprint density at radius 1 is 1.56 bits per heavy atom. The Morgan fingerprint density at radius 2 is 2.22 bits per heavy atom. The number of amides is 1. The number of aliphatic hydroxyl groups is 1. The van der Waals surface area contributed by atoms with Crippen LogP contribution in [-0.4, -0.2) is 44.9 Å². The fraction of sp³-hybridized carbons (Fsp3) is 0.667. The van der Waals surface area contributed by atoms with Gasteiger partial charge in [0, 0.05) is 18.8 Å². The molecule has 1 aromatic heterocycles. The fourth-order valence-electron chi connectivity index (χ4n) is 2.04. The van der Waals surface area contributed by atoms with Gasteiger partial charge in [-0.25, -0.2) is 0 Å². The standard InChI is InChI=1S/C12H22N4O2/c1-3-10(4-2)16(7-8-17)12(18)9-15-6-5-11(13)14-15/h5-6,10,17H,3-4,7-9H2,1-2H3,(H2,13,14). The van der Waals surface area contributed by atoms with E-state index in [1.807, 2.05) is 13.8 Å². The lowest BCUT2D eigenvalue weighted by molar-refractivity contribution is -0.135. The van der Waals surface area contributed by atoms with E-state index in [0.717, 1.165) is 12.8 Å². The molecule has 0 aliphatic heterocycles. The van der Waals surface area contributed by atoms with Gasteiger partial charge in [0.05, 0.1) is 6.61 Å². The van der Waals surface area contributed by atoms with Crippen LogP contribution in [0.1, 0.15) is 26.7 Å². The lowest BCUT2D eigenvalue weighted by atomic mass is 10.1. The van der Waals surface area contributed by atoms with Gasteiger partial charge < -0.3 is 15.7 Å². The summed E-state index contributed by atoms with van der Waals surface area (Å²) in [7, 11) is 0. The number of carbonyl (C=O) groups is 1. The second kappa shape index (κ2) is 7.00. The molecule has 0 saturated heterocycles. The van der Waals surface area contributed by atoms with Gasteiger partial charge in [-0.15, -0.1) is 0 Å². The van der Waals surface area contributed by atoms with E-state index >= 15 is 0 Å². The van der Waals surface area contributed by atoms with E-state index in [1.165, 1.54) is 4.68 Å². The lowest BCUT2D eigenvalue weighted by Crippen LogP contribution is -2.43. The van der Waals surface area contributed by atoms with Crippen molar-refractivity contribution in [3.63, 3.8) is 0 Å². The molecule has 1 amide bonds. The molecule has 1 aromatic rings. The summed E-state index contributed by atoms with van der Waals surface area (Å²) in [5.41, 5.74) is 5.50. The van der Waals surface area contributed by atoms with Gasteiger partial charge in [-0.05, 0) is 18.9 Å². The molecule has 0 atom stereocenters. The van der Waals surface area contributed by atoms with E-state index in [2.05, 4.69) is 5.10 Å². The van der Waals surface area contributed by atoms with Crippen molar-refractivity contribution in [1.82, 2.24) is 14.7 Å². The zero-order valence-electron chi connectivity index (χ0n) is 11.0. The predicted molar refractivity (Wildman–Crippen MR) is 69.8 cm³/mol. The van der Waals surface area contributed by atoms with Crippen molar-refractivity contribution in [2.24, 2.45) is 0 Å². The van der Waals surface area contributed by atoms with Gasteiger partial charge in [0.15, 0.2) is 0 Å². The molecule has 6 nitrogen and oxygen atoms in total. The van der Waals surface area contributed by atoms with E-state index in [9.17, 15) is 4.79 Å². The van der Waals surface area contributed by atoms with E-state index in [0.29, 0.717) is 12.4 Å². The number of aliphatic hydroxyl groups excluding tert-OH is 1. The van der Waals surface area contributed by atoms with Crippen molar-refractivity contribution >= 4 is 11.7 Å². The Labute approximate surface area is 107 Å². The summed E-state index contributed by atoms with van der Waals surface area (Å²) in [4.78, 5) is 13.9. The fourth-order valence-corrected chi connectivity index (χ4v) is 2.04. The van der Waals surface area contributed by atoms with Crippen LogP contribution in [0.5, 0.6) is 0 Å². The highest BCUT2D eigenvalue weighted by atomic mass is 16.3. The maximum atomic E-state index is 12.2. The predicted octanol–water partition coefficient (Wildman–Crippen LogP) is 0.475. The van der Waals surface area contributed by atoms with E-state index in [4.69, 9.17) is 10.8 Å². The van der Waals surface area contributed by atoms with Crippen molar-refractivity contribution in [2.75, 3.05) is 18.9 Å². The largest absolute Gasteiger partial charge is 0.395 e. The summed E-state index contributed by atoms with van der Waals surface area (Å²) >= 11 is 0. The average molecular weight is 254 g/mol. The van der Waals surface area contributed by atoms with Crippen LogP contribution in [0.3, 0.4) is 0 Å². The van der Waals surface area contributed by atoms with Crippen LogP contribution in [0.15, 0.2) is 12.3 Å². The maximum Gasteiger partial charge on any atom is 0.244 e. The van der Waals surface area contributed by atoms with Gasteiger partial charge in [-0.3, -0.25) is 9.48 Å². The number of hydrogen-bond acceptors (Lipinski definition) is 4. The molecule has 0 fully saturated rings. The lowest BCUT2D eigenvalue weighted by Gasteiger charge is -2.30. The van der Waals surface area contributed by atoms with E-state index < -0.39 is 0 Å². The summed E-state index contributed by atoms with van der Waals surface area (Å²) < 4.78 is 1.52. The molecule has 0 aliphatic carbocycles. The molecule has 0 aliphatic rings. The molecule has 3 N–H and O–H groups in total. The Kier molecular flexibility index (Phi) is 5.64. The minimum absolute atomic E-state index is 0.0243. The monoisotopic (exact) mass is 254 g/mol. The zero-order chi connectivity index (χ0) is 13.5. The summed E-state index contributed by atoms with van der Waals surface area (Å²) in [6.45, 7) is 4.58. The van der Waals surface area contributed by atoms with Gasteiger partial charge >= 0.3 is 0 Å². The molecule has 0 aromatic carbocycles. The van der Waals surface area contributed by atoms with Crippen molar-refractivity contribution < 1.29 is 9.90 Å². The van der Waals surface area contributed by atoms with E-state index in [-0.39, 0.29) is 25.1 Å². The quantitative estimate of drug-likeness (QED) is 0.741. The molecule has 0 bridgehead atoms. The first kappa shape index (κ1) is 14.5. The normalized spacial score (nSPS) is 10.9. The number of nitrogens with zero attached hydrogens (tertiary/aromatic N) is 3. The summed E-state index contributed by atoms with van der Waals surface area (Å²) in [6, 6.07) is 1.82. The van der Waals surface area contributed by atoms with Crippen molar-refractivity contribution in [3.05, 3.63) is 12.3 Å². The average Bonchev–Trinajstić information content (AvgIpc) is 2.75. The molecule has 102 valence electrons. The molecular formula is C12H22N4O2. The molecule has 1 rings (SSSR count). The van der Waals surface area contributed by atoms with Crippen molar-refractivity contribution in [1.29, 1.82) is 0 Å². The second-order valence-electron chi connectivity index (χ2n) is 4.22. The summed E-state index contributed by atoms with van der Waals surface area (Å²) in [5.74, 6) is 0.361. The Hall–Kier alpha value is -1.56. The second-order valence-corrected chi connectivity index (χ2v) is 4.22. The molecule has 18 heavy (non-hydrogen) atoms. The number of aromatic nitrogens is 2. The van der Waals surface area contributed by atoms with Crippen LogP contribution in [-0.2, 0) is 11.3 Å². The highest BCUT2D eigenvalue weighted by Gasteiger charge is 2.20. The Bertz CT molecular complexity index is 374. The number of nitrogens with two attached hydrogens (primary N) is 1. The third-order valence-corrected chi connectivity index (χ3v) is 3.00. The Morgan fingerprint density at radius 3 is 2.67 bits per heavy atom. The number of nitrogen functional groups attached to an aromatic ring is 1. The number of rotatable bonds is 7. The highest BCUT2D eigenvalue weighted by molar-refractivity contribution is 5.76. The van der Waals surface area contributed by atoms with Crippen LogP contribution >= 0.6 is 0 Å². The smallest absolute Gasteiger partial charge is 0.244 e. The molecule has 0 radical (unpaired) electrons. The van der Waals surface area contributed by atoms with Crippen LogP contribution in [0.4, 0.5) is 5.82 Å². The third-order valence-electron chi connectivity index (χ3n) is 3.00. The summed E-state index contributed by atoms with van der Waals surface area (Å²) in [5, 5.41) is 13.0. The van der Waals surface area contributed by atoms with Crippen LogP contribution in [0.2, 0.25) is 0 Å². The number of anilines is 1. The first-order valence-electron chi connectivity index (χ1n) is 6.31. The molecule has 0 unspecified atom stereocenters. The topological polar surface area (TPSA) is 84.4 Å². The SMILES string of the molecule is CCC(CC)N(CCO)C(=O)Cn1ccc(N)n1. The van der Waals surface area contributed by atoms with Gasteiger partial charge in [0.25, 0.3) is 0 Å². The Balaban J connectivity index is 2.69. The first-order chi connectivity index (χ1) is 8.62. The number of hydrogen-bond donors (Lipinski definition) is 2. The van der Waals surface area contributed by atoms with Crippen molar-refractivity contribution in [3.8, 4) is 0 Å². The molecule has 6 heteroatoms. The minimum atomic E-state index is -0.0409. The molecule has 0 saturated carbocycles. The molecule has 0 spiro atoms. The van der Waals surface area contributed by atoms with Crippen LogP contribution in [0.25, 0.3) is 0 Å². The van der Waals surface area contributed by atoms with Gasteiger partial charge in [0.1, 0.15) is 12.4 Å². The summed E-state index contributed by atoms with van der Waals surface area (Å²) in [6.07, 6.45) is 3.43. The van der Waals surface area contributed by atoms with Crippen LogP contribution in [0, 0.1) is 0 Å². The maximum absolute atomic E-state index is 12.2. The third kappa shape index (κ3) is 3.73. The van der Waals surface area contributed by atoms with E-state index in [1.54, 1.807) is 17.2 Å². The molecular weight excluding hydrogens is 232 g/mol. The van der Waals surface area contributed by atoms with Gasteiger partial charge in [-0.1, -0.05) is 13.8 Å². The zero-order valence-corrected chi connectivity index (χ0v) is 11.0. The van der Waals surface area contributed by atoms with Crippen molar-refractivity contribution in [2.45, 2.75) is 39.3 Å². The van der Waals surface area contributed by atoms with Gasteiger partial charge in [0.2, 0.25) is 5.91 Å². The van der Waals surface area contributed by atoms with Crippen LogP contribution < -0.4 is 5.73 Å². The first-order valence-corrected chi connectivity index (χ1v) is 6.31. The van der Waals surface area contributed by atoms with Gasteiger partial charge in [-0.2, -0.15) is 5.10 Å². The number of carbonyl (C=O) groups excluding carboxylic acids is 1. The highest BCUT2D eigenvalue weighted by Crippen LogP contribution is 2.09. The molecule has 1 heterocycles. The minimum Gasteiger partial charge on any atom is -0.395 e.